The van der Waals surface area contributed by atoms with Crippen molar-refractivity contribution in [2.24, 2.45) is 11.8 Å². The van der Waals surface area contributed by atoms with E-state index in [4.69, 9.17) is 40.0 Å². The summed E-state index contributed by atoms with van der Waals surface area (Å²) in [6.07, 6.45) is -0.702. The first-order chi connectivity index (χ1) is 20.2. The van der Waals surface area contributed by atoms with Gasteiger partial charge in [0.25, 0.3) is 5.91 Å². The largest absolute Gasteiger partial charge is 0.493 e. The number of rotatable bonds is 12. The minimum absolute atomic E-state index is 0.0301. The van der Waals surface area contributed by atoms with Gasteiger partial charge >= 0.3 is 17.9 Å². The number of esters is 3. The highest BCUT2D eigenvalue weighted by atomic mass is 35.5. The smallest absolute Gasteiger partial charge is 0.332 e. The van der Waals surface area contributed by atoms with Crippen LogP contribution < -0.4 is 14.8 Å². The highest BCUT2D eigenvalue weighted by molar-refractivity contribution is 6.17. The number of cyclic esters (lactones) is 2. The van der Waals surface area contributed by atoms with E-state index in [1.165, 1.54) is 26.3 Å². The average Bonchev–Trinajstić information content (AvgIpc) is 3.01. The summed E-state index contributed by atoms with van der Waals surface area (Å²) in [6, 6.07) is 9.18. The van der Waals surface area contributed by atoms with E-state index in [0.29, 0.717) is 0 Å². The Balaban J connectivity index is 1.85. The van der Waals surface area contributed by atoms with Crippen LogP contribution in [0.2, 0.25) is 0 Å². The number of aromatic nitrogens is 1. The highest BCUT2D eigenvalue weighted by Gasteiger charge is 2.42. The molecule has 1 aliphatic heterocycles. The maximum Gasteiger partial charge on any atom is 0.332 e. The number of pyridine rings is 1. The van der Waals surface area contributed by atoms with Crippen LogP contribution in [0.4, 0.5) is 0 Å². The molecule has 0 saturated carbocycles. The van der Waals surface area contributed by atoms with E-state index < -0.39 is 60.5 Å². The summed E-state index contributed by atoms with van der Waals surface area (Å²) in [7, 11) is 1.38. The topological polar surface area (TPSA) is 149 Å². The van der Waals surface area contributed by atoms with Gasteiger partial charge in [0, 0.05) is 18.1 Å². The zero-order valence-electron chi connectivity index (χ0n) is 23.9. The van der Waals surface area contributed by atoms with Crippen molar-refractivity contribution in [2.45, 2.75) is 45.4 Å². The van der Waals surface area contributed by atoms with Crippen molar-refractivity contribution in [3.63, 3.8) is 0 Å². The molecule has 1 fully saturated rings. The Hall–Kier alpha value is -3.90. The van der Waals surface area contributed by atoms with Crippen molar-refractivity contribution in [2.75, 3.05) is 33.0 Å². The Bertz CT molecular complexity index is 1230. The fourth-order valence-corrected chi connectivity index (χ4v) is 4.19. The van der Waals surface area contributed by atoms with E-state index in [2.05, 4.69) is 10.3 Å². The van der Waals surface area contributed by atoms with E-state index in [9.17, 15) is 19.2 Å². The van der Waals surface area contributed by atoms with Gasteiger partial charge in [-0.15, -0.1) is 11.6 Å². The molecule has 0 aliphatic carbocycles. The summed E-state index contributed by atoms with van der Waals surface area (Å²) in [4.78, 5) is 56.5. The van der Waals surface area contributed by atoms with Gasteiger partial charge in [-0.05, 0) is 18.9 Å². The van der Waals surface area contributed by atoms with Crippen molar-refractivity contribution < 1.29 is 47.6 Å². The summed E-state index contributed by atoms with van der Waals surface area (Å²) in [5.41, 5.74) is 0.584. The maximum absolute atomic E-state index is 13.4. The summed E-state index contributed by atoms with van der Waals surface area (Å²) in [5, 5.41) is 2.49. The van der Waals surface area contributed by atoms with Crippen molar-refractivity contribution >= 4 is 35.4 Å². The van der Waals surface area contributed by atoms with Gasteiger partial charge in [-0.25, -0.2) is 9.78 Å². The van der Waals surface area contributed by atoms with E-state index in [1.54, 1.807) is 13.8 Å². The molecule has 4 atom stereocenters. The standard InChI is InChI=1S/C29H35ClN2O10/c1-17(2)27(34)42-24-18(3)41-29(36)21(15-39-28(35)20(24)14-19-8-6-5-7-9-19)32-26(33)23-25(40-16-38-13-11-30)22(37-4)10-12-31-23/h5-10,12,17-18,20-21,24H,11,13-16H2,1-4H3,(H,32,33)/t18-,20?,21-,24-/m0/s1. The molecule has 1 unspecified atom stereocenters. The normalized spacial score (nSPS) is 20.8. The van der Waals surface area contributed by atoms with Crippen LogP contribution in [0.3, 0.4) is 0 Å². The Kier molecular flexibility index (Phi) is 12.4. The molecular weight excluding hydrogens is 572 g/mol. The van der Waals surface area contributed by atoms with Gasteiger partial charge in [0.1, 0.15) is 18.6 Å². The fourth-order valence-electron chi connectivity index (χ4n) is 4.08. The molecule has 1 saturated heterocycles. The van der Waals surface area contributed by atoms with E-state index >= 15 is 0 Å². The van der Waals surface area contributed by atoms with E-state index in [-0.39, 0.29) is 42.9 Å². The second kappa shape index (κ2) is 15.9. The molecule has 2 heterocycles. The summed E-state index contributed by atoms with van der Waals surface area (Å²) in [5.74, 6) is -4.08. The van der Waals surface area contributed by atoms with Crippen molar-refractivity contribution in [3.8, 4) is 11.5 Å². The van der Waals surface area contributed by atoms with Crippen LogP contribution in [0.25, 0.3) is 0 Å². The lowest BCUT2D eigenvalue weighted by Crippen LogP contribution is -2.47. The molecule has 1 aromatic heterocycles. The first-order valence-corrected chi connectivity index (χ1v) is 13.9. The Morgan fingerprint density at radius 1 is 1.14 bits per heavy atom. The third-order valence-corrected chi connectivity index (χ3v) is 6.43. The fraction of sp³-hybridized carbons (Fsp3) is 0.483. The van der Waals surface area contributed by atoms with Crippen LogP contribution >= 0.6 is 11.6 Å². The second-order valence-corrected chi connectivity index (χ2v) is 10.1. The monoisotopic (exact) mass is 606 g/mol. The molecule has 1 amide bonds. The van der Waals surface area contributed by atoms with Gasteiger partial charge in [-0.3, -0.25) is 14.4 Å². The molecule has 228 valence electrons. The lowest BCUT2D eigenvalue weighted by Gasteiger charge is -2.29. The minimum atomic E-state index is -1.41. The quantitative estimate of drug-likeness (QED) is 0.125. The van der Waals surface area contributed by atoms with Crippen LogP contribution in [0.5, 0.6) is 11.5 Å². The first-order valence-electron chi connectivity index (χ1n) is 13.4. The third kappa shape index (κ3) is 8.80. The molecule has 42 heavy (non-hydrogen) atoms. The molecule has 1 aliphatic rings. The van der Waals surface area contributed by atoms with E-state index in [1.807, 2.05) is 30.3 Å². The molecule has 1 N–H and O–H groups in total. The molecule has 0 bridgehead atoms. The summed E-state index contributed by atoms with van der Waals surface area (Å²) in [6.45, 7) is 4.25. The molecule has 2 aromatic rings. The Labute approximate surface area is 248 Å². The highest BCUT2D eigenvalue weighted by Crippen LogP contribution is 2.30. The van der Waals surface area contributed by atoms with Crippen molar-refractivity contribution in [3.05, 3.63) is 53.9 Å². The van der Waals surface area contributed by atoms with Crippen LogP contribution in [0.15, 0.2) is 42.6 Å². The number of hydrogen-bond donors (Lipinski definition) is 1. The summed E-state index contributed by atoms with van der Waals surface area (Å²) < 4.78 is 32.9. The van der Waals surface area contributed by atoms with Gasteiger partial charge < -0.3 is 33.7 Å². The number of nitrogens with one attached hydrogen (secondary N) is 1. The third-order valence-electron chi connectivity index (χ3n) is 6.28. The average molecular weight is 607 g/mol. The van der Waals surface area contributed by atoms with E-state index in [0.717, 1.165) is 5.56 Å². The van der Waals surface area contributed by atoms with Crippen molar-refractivity contribution in [1.29, 1.82) is 0 Å². The molecule has 0 spiro atoms. The lowest BCUT2D eigenvalue weighted by molar-refractivity contribution is -0.176. The zero-order chi connectivity index (χ0) is 30.6. The number of methoxy groups -OCH3 is 1. The van der Waals surface area contributed by atoms with Gasteiger partial charge in [0.05, 0.1) is 19.6 Å². The van der Waals surface area contributed by atoms with Crippen LogP contribution in [0.1, 0.15) is 36.8 Å². The van der Waals surface area contributed by atoms with Crippen LogP contribution in [-0.4, -0.2) is 80.0 Å². The first kappa shape index (κ1) is 32.6. The van der Waals surface area contributed by atoms with Gasteiger partial charge in [-0.2, -0.15) is 0 Å². The van der Waals surface area contributed by atoms with Crippen LogP contribution in [0, 0.1) is 11.8 Å². The number of halogens is 1. The molecule has 12 nitrogen and oxygen atoms in total. The maximum atomic E-state index is 13.4. The van der Waals surface area contributed by atoms with Gasteiger partial charge in [0.2, 0.25) is 0 Å². The number of hydrogen-bond acceptors (Lipinski definition) is 11. The van der Waals surface area contributed by atoms with Crippen molar-refractivity contribution in [1.82, 2.24) is 10.3 Å². The Morgan fingerprint density at radius 2 is 1.88 bits per heavy atom. The summed E-state index contributed by atoms with van der Waals surface area (Å²) >= 11 is 5.61. The zero-order valence-corrected chi connectivity index (χ0v) is 24.6. The number of benzene rings is 1. The number of carbonyl (C=O) groups excluding carboxylic acids is 4. The SMILES string of the molecule is COc1ccnc(C(=O)N[C@H]2COC(=O)C(Cc3ccccc3)[C@@H](OC(=O)C(C)C)[C@H](C)OC2=O)c1OCOCCCl. The lowest BCUT2D eigenvalue weighted by atomic mass is 9.91. The van der Waals surface area contributed by atoms with Gasteiger partial charge in [-0.1, -0.05) is 44.2 Å². The molecular formula is C29H35ClN2O10. The number of amides is 1. The number of alkyl halides is 1. The number of carbonyl (C=O) groups is 4. The van der Waals surface area contributed by atoms with Crippen LogP contribution in [-0.2, 0) is 39.8 Å². The minimum Gasteiger partial charge on any atom is -0.493 e. The molecule has 0 radical (unpaired) electrons. The number of nitrogens with zero attached hydrogens (tertiary/aromatic N) is 1. The number of ether oxygens (including phenoxy) is 6. The predicted octanol–water partition coefficient (Wildman–Crippen LogP) is 2.70. The molecule has 3 rings (SSSR count). The van der Waals surface area contributed by atoms with Gasteiger partial charge in [0.15, 0.2) is 36.1 Å². The molecule has 1 aromatic carbocycles. The predicted molar refractivity (Wildman–Crippen MR) is 149 cm³/mol. The molecule has 13 heteroatoms. The second-order valence-electron chi connectivity index (χ2n) is 9.70. The Morgan fingerprint density at radius 3 is 2.55 bits per heavy atom.